The molecule has 4 nitrogen and oxygen atoms in total. The Hall–Kier alpha value is -0.680. The number of rotatable bonds is 2. The van der Waals surface area contributed by atoms with Crippen molar-refractivity contribution in [1.29, 1.82) is 0 Å². The Morgan fingerprint density at radius 1 is 1.50 bits per heavy atom. The standard InChI is InChI=1S/C5H10N4S/c1-9(2)5-8-7-4(3-6)10-5/h3,6H2,1-2H3. The molecule has 1 rings (SSSR count). The zero-order valence-corrected chi connectivity index (χ0v) is 6.85. The van der Waals surface area contributed by atoms with Crippen LogP contribution in [-0.2, 0) is 6.54 Å². The average molecular weight is 158 g/mol. The van der Waals surface area contributed by atoms with E-state index >= 15 is 0 Å². The van der Waals surface area contributed by atoms with E-state index in [0.717, 1.165) is 10.1 Å². The number of anilines is 1. The van der Waals surface area contributed by atoms with E-state index in [1.165, 1.54) is 11.3 Å². The molecule has 0 atom stereocenters. The number of hydrogen-bond donors (Lipinski definition) is 1. The molecule has 0 aliphatic heterocycles. The second-order valence-corrected chi connectivity index (χ2v) is 3.12. The van der Waals surface area contributed by atoms with E-state index in [0.29, 0.717) is 6.54 Å². The number of nitrogens with two attached hydrogens (primary N) is 1. The van der Waals surface area contributed by atoms with Gasteiger partial charge < -0.3 is 10.6 Å². The molecule has 1 heterocycles. The molecule has 0 aromatic carbocycles. The summed E-state index contributed by atoms with van der Waals surface area (Å²) in [5.74, 6) is 0. The summed E-state index contributed by atoms with van der Waals surface area (Å²) in [6.07, 6.45) is 0. The van der Waals surface area contributed by atoms with Gasteiger partial charge in [-0.15, -0.1) is 10.2 Å². The first-order valence-electron chi connectivity index (χ1n) is 2.94. The number of hydrogen-bond acceptors (Lipinski definition) is 5. The van der Waals surface area contributed by atoms with E-state index in [4.69, 9.17) is 5.73 Å². The van der Waals surface area contributed by atoms with E-state index in [-0.39, 0.29) is 0 Å². The molecule has 0 saturated heterocycles. The molecule has 0 unspecified atom stereocenters. The van der Waals surface area contributed by atoms with Gasteiger partial charge in [-0.25, -0.2) is 0 Å². The highest BCUT2D eigenvalue weighted by Crippen LogP contribution is 2.16. The van der Waals surface area contributed by atoms with Crippen LogP contribution in [0.15, 0.2) is 0 Å². The molecule has 56 valence electrons. The first kappa shape index (κ1) is 7.43. The van der Waals surface area contributed by atoms with Gasteiger partial charge in [0.2, 0.25) is 5.13 Å². The molecule has 1 aromatic rings. The van der Waals surface area contributed by atoms with Crippen LogP contribution in [0, 0.1) is 0 Å². The van der Waals surface area contributed by atoms with Crippen LogP contribution in [0.3, 0.4) is 0 Å². The molecule has 5 heteroatoms. The Labute approximate surface area is 63.7 Å². The molecule has 0 fully saturated rings. The van der Waals surface area contributed by atoms with Crippen molar-refractivity contribution >= 4 is 16.5 Å². The third-order valence-electron chi connectivity index (χ3n) is 1.01. The molecule has 0 spiro atoms. The molecule has 0 aliphatic rings. The summed E-state index contributed by atoms with van der Waals surface area (Å²) in [6.45, 7) is 0.478. The minimum Gasteiger partial charge on any atom is -0.353 e. The second kappa shape index (κ2) is 2.94. The van der Waals surface area contributed by atoms with E-state index in [9.17, 15) is 0 Å². The lowest BCUT2D eigenvalue weighted by atomic mass is 10.7. The summed E-state index contributed by atoms with van der Waals surface area (Å²) in [6, 6.07) is 0. The van der Waals surface area contributed by atoms with Gasteiger partial charge in [0.1, 0.15) is 5.01 Å². The zero-order valence-electron chi connectivity index (χ0n) is 6.03. The second-order valence-electron chi connectivity index (χ2n) is 2.08. The van der Waals surface area contributed by atoms with Crippen molar-refractivity contribution in [2.24, 2.45) is 5.73 Å². The Bertz CT molecular complexity index is 207. The molecule has 0 aliphatic carbocycles. The monoisotopic (exact) mass is 158 g/mol. The smallest absolute Gasteiger partial charge is 0.207 e. The highest BCUT2D eigenvalue weighted by Gasteiger charge is 2.02. The summed E-state index contributed by atoms with van der Waals surface area (Å²) in [4.78, 5) is 1.91. The summed E-state index contributed by atoms with van der Waals surface area (Å²) in [5.41, 5.74) is 5.35. The van der Waals surface area contributed by atoms with Gasteiger partial charge in [0.25, 0.3) is 0 Å². The minimum absolute atomic E-state index is 0.478. The van der Waals surface area contributed by atoms with Gasteiger partial charge in [-0.05, 0) is 0 Å². The first-order chi connectivity index (χ1) is 4.74. The molecule has 0 radical (unpaired) electrons. The predicted octanol–water partition coefficient (Wildman–Crippen LogP) is 0.0628. The van der Waals surface area contributed by atoms with Gasteiger partial charge in [0, 0.05) is 20.6 Å². The number of aromatic nitrogens is 2. The lowest BCUT2D eigenvalue weighted by Gasteiger charge is -2.03. The van der Waals surface area contributed by atoms with Crippen molar-refractivity contribution in [2.75, 3.05) is 19.0 Å². The fraction of sp³-hybridized carbons (Fsp3) is 0.600. The van der Waals surface area contributed by atoms with Gasteiger partial charge in [-0.3, -0.25) is 0 Å². The molecule has 0 saturated carbocycles. The maximum atomic E-state index is 5.35. The third-order valence-corrected chi connectivity index (χ3v) is 2.13. The maximum absolute atomic E-state index is 5.35. The first-order valence-corrected chi connectivity index (χ1v) is 3.75. The Balaban J connectivity index is 2.78. The lowest BCUT2D eigenvalue weighted by molar-refractivity contribution is 0.942. The molecule has 2 N–H and O–H groups in total. The Morgan fingerprint density at radius 2 is 2.20 bits per heavy atom. The molecule has 0 bridgehead atoms. The highest BCUT2D eigenvalue weighted by atomic mass is 32.1. The number of nitrogens with zero attached hydrogens (tertiary/aromatic N) is 3. The molecular weight excluding hydrogens is 148 g/mol. The third kappa shape index (κ3) is 1.43. The molecular formula is C5H10N4S. The van der Waals surface area contributed by atoms with Crippen LogP contribution in [0.5, 0.6) is 0 Å². The van der Waals surface area contributed by atoms with Gasteiger partial charge in [-0.2, -0.15) is 0 Å². The zero-order chi connectivity index (χ0) is 7.56. The van der Waals surface area contributed by atoms with Crippen molar-refractivity contribution in [1.82, 2.24) is 10.2 Å². The predicted molar refractivity (Wildman–Crippen MR) is 42.1 cm³/mol. The molecule has 0 amide bonds. The largest absolute Gasteiger partial charge is 0.353 e. The van der Waals surface area contributed by atoms with Crippen molar-refractivity contribution in [2.45, 2.75) is 6.54 Å². The fourth-order valence-corrected chi connectivity index (χ4v) is 1.15. The topological polar surface area (TPSA) is 55.0 Å². The van der Waals surface area contributed by atoms with Crippen molar-refractivity contribution < 1.29 is 0 Å². The van der Waals surface area contributed by atoms with Gasteiger partial charge in [0.15, 0.2) is 0 Å². The summed E-state index contributed by atoms with van der Waals surface area (Å²) in [7, 11) is 3.86. The van der Waals surface area contributed by atoms with Crippen LogP contribution in [0.25, 0.3) is 0 Å². The fourth-order valence-electron chi connectivity index (χ4n) is 0.508. The summed E-state index contributed by atoms with van der Waals surface area (Å²) >= 11 is 1.52. The summed E-state index contributed by atoms with van der Waals surface area (Å²) < 4.78 is 0. The Morgan fingerprint density at radius 3 is 2.50 bits per heavy atom. The highest BCUT2D eigenvalue weighted by molar-refractivity contribution is 7.15. The lowest BCUT2D eigenvalue weighted by Crippen LogP contribution is -2.07. The van der Waals surface area contributed by atoms with E-state index in [1.807, 2.05) is 19.0 Å². The van der Waals surface area contributed by atoms with Gasteiger partial charge >= 0.3 is 0 Å². The minimum atomic E-state index is 0.478. The van der Waals surface area contributed by atoms with Crippen LogP contribution >= 0.6 is 11.3 Å². The van der Waals surface area contributed by atoms with E-state index < -0.39 is 0 Å². The normalized spacial score (nSPS) is 9.90. The SMILES string of the molecule is CN(C)c1nnc(CN)s1. The Kier molecular flexibility index (Phi) is 2.18. The van der Waals surface area contributed by atoms with Crippen molar-refractivity contribution in [3.05, 3.63) is 5.01 Å². The van der Waals surface area contributed by atoms with Crippen molar-refractivity contribution in [3.63, 3.8) is 0 Å². The van der Waals surface area contributed by atoms with Crippen LogP contribution in [-0.4, -0.2) is 24.3 Å². The summed E-state index contributed by atoms with van der Waals surface area (Å²) in [5, 5.41) is 9.54. The molecule has 1 aromatic heterocycles. The van der Waals surface area contributed by atoms with Crippen LogP contribution in [0.4, 0.5) is 5.13 Å². The van der Waals surface area contributed by atoms with Crippen LogP contribution < -0.4 is 10.6 Å². The van der Waals surface area contributed by atoms with E-state index in [2.05, 4.69) is 10.2 Å². The quantitative estimate of drug-likeness (QED) is 0.661. The van der Waals surface area contributed by atoms with Crippen LogP contribution in [0.2, 0.25) is 0 Å². The maximum Gasteiger partial charge on any atom is 0.207 e. The van der Waals surface area contributed by atoms with Gasteiger partial charge in [0.05, 0.1) is 0 Å². The van der Waals surface area contributed by atoms with Crippen LogP contribution in [0.1, 0.15) is 5.01 Å². The van der Waals surface area contributed by atoms with Crippen molar-refractivity contribution in [3.8, 4) is 0 Å². The van der Waals surface area contributed by atoms with Gasteiger partial charge in [-0.1, -0.05) is 11.3 Å². The molecule has 10 heavy (non-hydrogen) atoms. The van der Waals surface area contributed by atoms with E-state index in [1.54, 1.807) is 0 Å². The average Bonchev–Trinajstić information content (AvgIpc) is 2.34.